The van der Waals surface area contributed by atoms with Crippen LogP contribution in [0.2, 0.25) is 0 Å². The predicted molar refractivity (Wildman–Crippen MR) is 69.4 cm³/mol. The summed E-state index contributed by atoms with van der Waals surface area (Å²) in [6.45, 7) is 2.88. The Labute approximate surface area is 106 Å². The minimum absolute atomic E-state index is 0.216. The molecule has 0 aromatic heterocycles. The fraction of sp³-hybridized carbons (Fsp3) is 0.385. The second-order valence-electron chi connectivity index (χ2n) is 3.99. The van der Waals surface area contributed by atoms with Crippen LogP contribution in [0.3, 0.4) is 0 Å². The summed E-state index contributed by atoms with van der Waals surface area (Å²) >= 11 is 0. The summed E-state index contributed by atoms with van der Waals surface area (Å²) in [7, 11) is 0. The van der Waals surface area contributed by atoms with Crippen LogP contribution in [0, 0.1) is 0 Å². The smallest absolute Gasteiger partial charge is 0.425 e. The number of hydrazine groups is 1. The topological polar surface area (TPSA) is 62.7 Å². The first-order valence-electron chi connectivity index (χ1n) is 6.09. The number of benzene rings is 1. The molecule has 0 saturated heterocycles. The maximum atomic E-state index is 11.2. The second-order valence-corrected chi connectivity index (χ2v) is 3.99. The zero-order valence-corrected chi connectivity index (χ0v) is 10.3. The standard InChI is InChI=1S/C13H17N3O2/c1-2-18-13(17)16-15-12-11(8-9-14-12)10-6-4-3-5-7-10/h3-7,11H,2,8-9H2,1H3,(H,14,15)(H,16,17). The Bertz CT molecular complexity index is 431. The van der Waals surface area contributed by atoms with Gasteiger partial charge in [-0.05, 0) is 18.9 Å². The number of carbonyl (C=O) groups is 1. The third-order valence-electron chi connectivity index (χ3n) is 2.80. The molecular formula is C13H17N3O2. The second kappa shape index (κ2) is 6.05. The lowest BCUT2D eigenvalue weighted by molar-refractivity contribution is 0.150. The number of aliphatic imine (C=N–C) groups is 1. The van der Waals surface area contributed by atoms with Crippen molar-refractivity contribution in [1.29, 1.82) is 0 Å². The highest BCUT2D eigenvalue weighted by Crippen LogP contribution is 2.24. The van der Waals surface area contributed by atoms with E-state index in [0.717, 1.165) is 18.8 Å². The van der Waals surface area contributed by atoms with Crippen LogP contribution in [0.5, 0.6) is 0 Å². The van der Waals surface area contributed by atoms with Crippen molar-refractivity contribution in [2.24, 2.45) is 4.99 Å². The molecule has 1 heterocycles. The van der Waals surface area contributed by atoms with Crippen molar-refractivity contribution < 1.29 is 9.53 Å². The van der Waals surface area contributed by atoms with Gasteiger partial charge in [0.1, 0.15) is 5.84 Å². The van der Waals surface area contributed by atoms with Gasteiger partial charge in [0.25, 0.3) is 0 Å². The number of ether oxygens (including phenoxy) is 1. The summed E-state index contributed by atoms with van der Waals surface area (Å²) in [5.41, 5.74) is 6.52. The Morgan fingerprint density at radius 3 is 2.94 bits per heavy atom. The Balaban J connectivity index is 1.94. The van der Waals surface area contributed by atoms with Gasteiger partial charge in [-0.1, -0.05) is 30.3 Å². The Morgan fingerprint density at radius 1 is 1.44 bits per heavy atom. The zero-order chi connectivity index (χ0) is 12.8. The average Bonchev–Trinajstić information content (AvgIpc) is 2.86. The fourth-order valence-corrected chi connectivity index (χ4v) is 1.98. The zero-order valence-electron chi connectivity index (χ0n) is 10.3. The van der Waals surface area contributed by atoms with Crippen molar-refractivity contribution in [3.63, 3.8) is 0 Å². The van der Waals surface area contributed by atoms with Crippen molar-refractivity contribution >= 4 is 11.9 Å². The monoisotopic (exact) mass is 247 g/mol. The molecule has 0 aliphatic carbocycles. The van der Waals surface area contributed by atoms with Crippen LogP contribution in [0.4, 0.5) is 4.79 Å². The van der Waals surface area contributed by atoms with Crippen molar-refractivity contribution in [1.82, 2.24) is 10.9 Å². The quantitative estimate of drug-likeness (QED) is 0.784. The normalized spacial score (nSPS) is 18.1. The van der Waals surface area contributed by atoms with Crippen LogP contribution in [0.15, 0.2) is 35.3 Å². The van der Waals surface area contributed by atoms with E-state index in [-0.39, 0.29) is 5.92 Å². The molecule has 0 saturated carbocycles. The number of rotatable bonds is 2. The van der Waals surface area contributed by atoms with Gasteiger partial charge in [0.15, 0.2) is 0 Å². The number of nitrogens with one attached hydrogen (secondary N) is 2. The first-order valence-corrected chi connectivity index (χ1v) is 6.09. The van der Waals surface area contributed by atoms with Gasteiger partial charge in [-0.25, -0.2) is 10.2 Å². The molecular weight excluding hydrogens is 230 g/mol. The van der Waals surface area contributed by atoms with Crippen LogP contribution in [-0.4, -0.2) is 25.1 Å². The molecule has 18 heavy (non-hydrogen) atoms. The molecule has 1 aliphatic rings. The number of amidine groups is 1. The molecule has 0 spiro atoms. The van der Waals surface area contributed by atoms with Gasteiger partial charge in [0, 0.05) is 12.5 Å². The lowest BCUT2D eigenvalue weighted by Gasteiger charge is -2.15. The molecule has 0 bridgehead atoms. The van der Waals surface area contributed by atoms with E-state index < -0.39 is 6.09 Å². The van der Waals surface area contributed by atoms with Crippen LogP contribution in [0.25, 0.3) is 0 Å². The lowest BCUT2D eigenvalue weighted by atomic mass is 9.97. The van der Waals surface area contributed by atoms with Gasteiger partial charge in [-0.15, -0.1) is 0 Å². The summed E-state index contributed by atoms with van der Waals surface area (Å²) in [6.07, 6.45) is 0.468. The lowest BCUT2D eigenvalue weighted by Crippen LogP contribution is -2.43. The van der Waals surface area contributed by atoms with E-state index in [1.165, 1.54) is 5.56 Å². The van der Waals surface area contributed by atoms with Crippen molar-refractivity contribution in [3.05, 3.63) is 35.9 Å². The number of amides is 1. The van der Waals surface area contributed by atoms with Crippen LogP contribution >= 0.6 is 0 Å². The van der Waals surface area contributed by atoms with Crippen LogP contribution < -0.4 is 10.9 Å². The maximum absolute atomic E-state index is 11.2. The largest absolute Gasteiger partial charge is 0.449 e. The molecule has 2 N–H and O–H groups in total. The molecule has 96 valence electrons. The third kappa shape index (κ3) is 3.00. The van der Waals surface area contributed by atoms with Gasteiger partial charge < -0.3 is 4.74 Å². The molecule has 0 fully saturated rings. The molecule has 1 unspecified atom stereocenters. The summed E-state index contributed by atoms with van der Waals surface area (Å²) in [5.74, 6) is 1.00. The average molecular weight is 247 g/mol. The Hall–Kier alpha value is -2.04. The highest BCUT2D eigenvalue weighted by Gasteiger charge is 2.23. The molecule has 5 nitrogen and oxygen atoms in total. The molecule has 1 amide bonds. The number of carbonyl (C=O) groups excluding carboxylic acids is 1. The fourth-order valence-electron chi connectivity index (χ4n) is 1.98. The number of hydrogen-bond acceptors (Lipinski definition) is 4. The SMILES string of the molecule is CCOC(=O)NNC1=NCCC1c1ccccc1. The number of hydrogen-bond donors (Lipinski definition) is 2. The molecule has 1 aromatic carbocycles. The summed E-state index contributed by atoms with van der Waals surface area (Å²) in [5, 5.41) is 0. The van der Waals surface area contributed by atoms with Crippen molar-refractivity contribution in [2.45, 2.75) is 19.3 Å². The summed E-state index contributed by atoms with van der Waals surface area (Å²) in [4.78, 5) is 15.6. The number of nitrogens with zero attached hydrogens (tertiary/aromatic N) is 1. The molecule has 2 rings (SSSR count). The molecule has 1 atom stereocenters. The Kier molecular flexibility index (Phi) is 4.17. The first-order chi connectivity index (χ1) is 8.81. The first kappa shape index (κ1) is 12.4. The van der Waals surface area contributed by atoms with E-state index in [1.807, 2.05) is 18.2 Å². The van der Waals surface area contributed by atoms with E-state index in [1.54, 1.807) is 6.92 Å². The maximum Gasteiger partial charge on any atom is 0.425 e. The van der Waals surface area contributed by atoms with Gasteiger partial charge in [0.05, 0.1) is 6.61 Å². The summed E-state index contributed by atoms with van der Waals surface area (Å²) < 4.78 is 4.78. The van der Waals surface area contributed by atoms with E-state index in [0.29, 0.717) is 6.61 Å². The van der Waals surface area contributed by atoms with Crippen LogP contribution in [0.1, 0.15) is 24.8 Å². The van der Waals surface area contributed by atoms with Crippen molar-refractivity contribution in [3.8, 4) is 0 Å². The van der Waals surface area contributed by atoms with E-state index in [9.17, 15) is 4.79 Å². The minimum Gasteiger partial charge on any atom is -0.449 e. The third-order valence-corrected chi connectivity index (χ3v) is 2.80. The van der Waals surface area contributed by atoms with Gasteiger partial charge >= 0.3 is 6.09 Å². The molecule has 0 radical (unpaired) electrons. The predicted octanol–water partition coefficient (Wildman–Crippen LogP) is 1.82. The van der Waals surface area contributed by atoms with E-state index >= 15 is 0 Å². The Morgan fingerprint density at radius 2 is 2.22 bits per heavy atom. The van der Waals surface area contributed by atoms with Gasteiger partial charge in [-0.2, -0.15) is 0 Å². The molecule has 5 heteroatoms. The highest BCUT2D eigenvalue weighted by atomic mass is 16.5. The van der Waals surface area contributed by atoms with E-state index in [2.05, 4.69) is 28.0 Å². The minimum atomic E-state index is -0.487. The van der Waals surface area contributed by atoms with Gasteiger partial charge in [-0.3, -0.25) is 10.4 Å². The highest BCUT2D eigenvalue weighted by molar-refractivity contribution is 5.91. The van der Waals surface area contributed by atoms with E-state index in [4.69, 9.17) is 4.74 Å². The van der Waals surface area contributed by atoms with Crippen LogP contribution in [-0.2, 0) is 4.74 Å². The summed E-state index contributed by atoms with van der Waals surface area (Å²) in [6, 6.07) is 10.1. The van der Waals surface area contributed by atoms with Gasteiger partial charge in [0.2, 0.25) is 0 Å². The molecule has 1 aliphatic heterocycles. The van der Waals surface area contributed by atoms with Crippen molar-refractivity contribution in [2.75, 3.05) is 13.2 Å². The molecule has 1 aromatic rings.